The van der Waals surface area contributed by atoms with Crippen molar-refractivity contribution in [3.05, 3.63) is 64.1 Å². The Morgan fingerprint density at radius 3 is 2.36 bits per heavy atom. The van der Waals surface area contributed by atoms with Gasteiger partial charge in [-0.25, -0.2) is 0 Å². The van der Waals surface area contributed by atoms with Gasteiger partial charge in [0.2, 0.25) is 5.91 Å². The molecule has 0 saturated heterocycles. The van der Waals surface area contributed by atoms with Crippen LogP contribution in [0.15, 0.2) is 53.0 Å². The molecule has 1 saturated carbocycles. The summed E-state index contributed by atoms with van der Waals surface area (Å²) in [6.45, 7) is 8.37. The van der Waals surface area contributed by atoms with Gasteiger partial charge >= 0.3 is 0 Å². The van der Waals surface area contributed by atoms with E-state index in [1.165, 1.54) is 0 Å². The van der Waals surface area contributed by atoms with Crippen molar-refractivity contribution in [2.45, 2.75) is 77.4 Å². The number of hydrogen-bond donors (Lipinski definition) is 1. The van der Waals surface area contributed by atoms with Crippen molar-refractivity contribution in [3.63, 3.8) is 0 Å². The molecule has 1 aliphatic rings. The Kier molecular flexibility index (Phi) is 8.57. The average Bonchev–Trinajstić information content (AvgIpc) is 3.29. The zero-order valence-corrected chi connectivity index (χ0v) is 21.7. The second kappa shape index (κ2) is 11.2. The molecule has 0 spiro atoms. The number of rotatable bonds is 8. The molecule has 1 N–H and O–H groups in total. The van der Waals surface area contributed by atoms with E-state index in [1.54, 1.807) is 11.8 Å². The Morgan fingerprint density at radius 2 is 1.73 bits per heavy atom. The van der Waals surface area contributed by atoms with E-state index in [4.69, 9.17) is 4.74 Å². The quantitative estimate of drug-likeness (QED) is 0.498. The number of carbonyl (C=O) groups is 2. The highest BCUT2D eigenvalue weighted by molar-refractivity contribution is 9.10. The van der Waals surface area contributed by atoms with Gasteiger partial charge in [0.05, 0.1) is 0 Å². The van der Waals surface area contributed by atoms with Gasteiger partial charge < -0.3 is 15.0 Å². The lowest BCUT2D eigenvalue weighted by Gasteiger charge is -2.30. The number of hydrogen-bond acceptors (Lipinski definition) is 3. The molecular formula is C27H35BrN2O3. The fourth-order valence-corrected chi connectivity index (χ4v) is 4.46. The number of ether oxygens (including phenoxy) is 1. The summed E-state index contributed by atoms with van der Waals surface area (Å²) in [5, 5.41) is 3.13. The molecule has 6 heteroatoms. The van der Waals surface area contributed by atoms with Crippen molar-refractivity contribution in [2.75, 3.05) is 6.61 Å². The molecule has 2 aromatic rings. The molecule has 2 amide bonds. The van der Waals surface area contributed by atoms with Crippen LogP contribution in [-0.4, -0.2) is 35.4 Å². The van der Waals surface area contributed by atoms with Gasteiger partial charge in [0, 0.05) is 17.1 Å². The second-order valence-electron chi connectivity index (χ2n) is 9.85. The number of halogens is 1. The average molecular weight is 515 g/mol. The Morgan fingerprint density at radius 1 is 1.09 bits per heavy atom. The number of benzene rings is 2. The highest BCUT2D eigenvalue weighted by atomic mass is 79.9. The van der Waals surface area contributed by atoms with E-state index in [-0.39, 0.29) is 29.9 Å². The lowest BCUT2D eigenvalue weighted by molar-refractivity contribution is -0.142. The third-order valence-electron chi connectivity index (χ3n) is 6.18. The third kappa shape index (κ3) is 7.07. The van der Waals surface area contributed by atoms with Crippen LogP contribution in [0.4, 0.5) is 0 Å². The fraction of sp³-hybridized carbons (Fsp3) is 0.481. The van der Waals surface area contributed by atoms with Crippen molar-refractivity contribution in [1.82, 2.24) is 10.2 Å². The maximum absolute atomic E-state index is 13.3. The Hall–Kier alpha value is -2.34. The SMILES string of the molecule is CC(C(=O)NC1CCCC1)N(Cc1ccc(Br)cc1)C(=O)COc1ccccc1C(C)(C)C. The van der Waals surface area contributed by atoms with Crippen LogP contribution in [0, 0.1) is 0 Å². The maximum atomic E-state index is 13.3. The van der Waals surface area contributed by atoms with E-state index in [0.29, 0.717) is 12.3 Å². The van der Waals surface area contributed by atoms with Crippen LogP contribution in [-0.2, 0) is 21.5 Å². The molecule has 5 nitrogen and oxygen atoms in total. The smallest absolute Gasteiger partial charge is 0.261 e. The zero-order valence-electron chi connectivity index (χ0n) is 20.1. The lowest BCUT2D eigenvalue weighted by atomic mass is 9.86. The number of para-hydroxylation sites is 1. The van der Waals surface area contributed by atoms with E-state index in [9.17, 15) is 9.59 Å². The summed E-state index contributed by atoms with van der Waals surface area (Å²) >= 11 is 3.45. The molecule has 0 heterocycles. The minimum Gasteiger partial charge on any atom is -0.483 e. The van der Waals surface area contributed by atoms with Gasteiger partial charge in [-0.15, -0.1) is 0 Å². The first-order valence-corrected chi connectivity index (χ1v) is 12.5. The van der Waals surface area contributed by atoms with E-state index < -0.39 is 6.04 Å². The van der Waals surface area contributed by atoms with Crippen molar-refractivity contribution in [3.8, 4) is 5.75 Å². The van der Waals surface area contributed by atoms with Crippen molar-refractivity contribution in [2.24, 2.45) is 0 Å². The van der Waals surface area contributed by atoms with Crippen LogP contribution in [0.2, 0.25) is 0 Å². The predicted octanol–water partition coefficient (Wildman–Crippen LogP) is 5.60. The van der Waals surface area contributed by atoms with Crippen LogP contribution in [0.3, 0.4) is 0 Å². The summed E-state index contributed by atoms with van der Waals surface area (Å²) < 4.78 is 6.97. The van der Waals surface area contributed by atoms with Gasteiger partial charge in [-0.05, 0) is 54.5 Å². The van der Waals surface area contributed by atoms with Crippen LogP contribution < -0.4 is 10.1 Å². The molecule has 0 radical (unpaired) electrons. The first-order chi connectivity index (χ1) is 15.6. The summed E-state index contributed by atoms with van der Waals surface area (Å²) in [5.74, 6) is 0.378. The van der Waals surface area contributed by atoms with Crippen LogP contribution in [0.25, 0.3) is 0 Å². The summed E-state index contributed by atoms with van der Waals surface area (Å²) in [7, 11) is 0. The Bertz CT molecular complexity index is 947. The Labute approximate surface area is 206 Å². The highest BCUT2D eigenvalue weighted by Gasteiger charge is 2.29. The topological polar surface area (TPSA) is 58.6 Å². The van der Waals surface area contributed by atoms with Gasteiger partial charge in [0.15, 0.2) is 6.61 Å². The standard InChI is InChI=1S/C27H35BrN2O3/c1-19(26(32)29-22-9-5-6-10-22)30(17-20-13-15-21(28)16-14-20)25(31)18-33-24-12-8-7-11-23(24)27(2,3)4/h7-8,11-16,19,22H,5-6,9-10,17-18H2,1-4H3,(H,29,32). The second-order valence-corrected chi connectivity index (χ2v) is 10.8. The summed E-state index contributed by atoms with van der Waals surface area (Å²) in [6.07, 6.45) is 4.29. The molecule has 178 valence electrons. The van der Waals surface area contributed by atoms with Gasteiger partial charge in [-0.3, -0.25) is 9.59 Å². The van der Waals surface area contributed by atoms with Crippen molar-refractivity contribution >= 4 is 27.7 Å². The molecule has 1 aliphatic carbocycles. The fourth-order valence-electron chi connectivity index (χ4n) is 4.20. The molecule has 0 bridgehead atoms. The minimum absolute atomic E-state index is 0.106. The largest absolute Gasteiger partial charge is 0.483 e. The summed E-state index contributed by atoms with van der Waals surface area (Å²) in [6, 6.07) is 15.2. The summed E-state index contributed by atoms with van der Waals surface area (Å²) in [4.78, 5) is 28.0. The maximum Gasteiger partial charge on any atom is 0.261 e. The molecule has 33 heavy (non-hydrogen) atoms. The van der Waals surface area contributed by atoms with Crippen LogP contribution >= 0.6 is 15.9 Å². The van der Waals surface area contributed by atoms with E-state index in [0.717, 1.165) is 41.3 Å². The van der Waals surface area contributed by atoms with Crippen molar-refractivity contribution in [1.29, 1.82) is 0 Å². The van der Waals surface area contributed by atoms with E-state index in [1.807, 2.05) is 48.5 Å². The summed E-state index contributed by atoms with van der Waals surface area (Å²) in [5.41, 5.74) is 1.90. The van der Waals surface area contributed by atoms with Gasteiger partial charge in [-0.1, -0.05) is 79.9 Å². The lowest BCUT2D eigenvalue weighted by Crippen LogP contribution is -2.50. The zero-order chi connectivity index (χ0) is 24.0. The predicted molar refractivity (Wildman–Crippen MR) is 135 cm³/mol. The van der Waals surface area contributed by atoms with Gasteiger partial charge in [0.25, 0.3) is 5.91 Å². The molecular weight excluding hydrogens is 480 g/mol. The number of nitrogens with one attached hydrogen (secondary N) is 1. The molecule has 1 atom stereocenters. The minimum atomic E-state index is -0.594. The Balaban J connectivity index is 1.75. The normalized spacial score (nSPS) is 15.2. The third-order valence-corrected chi connectivity index (χ3v) is 6.71. The first kappa shape index (κ1) is 25.3. The van der Waals surface area contributed by atoms with Gasteiger partial charge in [0.1, 0.15) is 11.8 Å². The molecule has 1 fully saturated rings. The van der Waals surface area contributed by atoms with E-state index in [2.05, 4.69) is 42.0 Å². The molecule has 1 unspecified atom stereocenters. The molecule has 3 rings (SSSR count). The molecule has 2 aromatic carbocycles. The number of nitrogens with zero attached hydrogens (tertiary/aromatic N) is 1. The van der Waals surface area contributed by atoms with Crippen LogP contribution in [0.1, 0.15) is 64.5 Å². The van der Waals surface area contributed by atoms with E-state index >= 15 is 0 Å². The number of carbonyl (C=O) groups excluding carboxylic acids is 2. The highest BCUT2D eigenvalue weighted by Crippen LogP contribution is 2.31. The molecule has 0 aliphatic heterocycles. The number of amides is 2. The van der Waals surface area contributed by atoms with Gasteiger partial charge in [-0.2, -0.15) is 0 Å². The molecule has 0 aromatic heterocycles. The first-order valence-electron chi connectivity index (χ1n) is 11.7. The van der Waals surface area contributed by atoms with Crippen LogP contribution in [0.5, 0.6) is 5.75 Å². The van der Waals surface area contributed by atoms with Crippen molar-refractivity contribution < 1.29 is 14.3 Å². The monoisotopic (exact) mass is 514 g/mol.